The molecule has 0 aliphatic heterocycles. The second-order valence-electron chi connectivity index (χ2n) is 3.69. The van der Waals surface area contributed by atoms with E-state index >= 15 is 0 Å². The quantitative estimate of drug-likeness (QED) is 0.618. The van der Waals surface area contributed by atoms with Gasteiger partial charge in [0.1, 0.15) is 12.2 Å². The molecule has 0 saturated carbocycles. The normalized spacial score (nSPS) is 11.4. The monoisotopic (exact) mass is 264 g/mol. The number of halogens is 4. The third-order valence-corrected chi connectivity index (χ3v) is 2.09. The summed E-state index contributed by atoms with van der Waals surface area (Å²) in [6.07, 6.45) is -4.12. The predicted octanol–water partition coefficient (Wildman–Crippen LogP) is 2.64. The smallest absolute Gasteiger partial charge is 0.328 e. The van der Waals surface area contributed by atoms with E-state index in [9.17, 15) is 22.4 Å². The molecule has 0 radical (unpaired) electrons. The number of rotatable bonds is 4. The van der Waals surface area contributed by atoms with Gasteiger partial charge in [-0.25, -0.2) is 4.98 Å². The summed E-state index contributed by atoms with van der Waals surface area (Å²) in [5.41, 5.74) is -0.326. The summed E-state index contributed by atoms with van der Waals surface area (Å²) in [5.74, 6) is -1.82. The lowest BCUT2D eigenvalue weighted by Crippen LogP contribution is -2.39. The highest BCUT2D eigenvalue weighted by Crippen LogP contribution is 2.18. The first-order chi connectivity index (χ1) is 8.33. The van der Waals surface area contributed by atoms with Crippen molar-refractivity contribution < 1.29 is 22.4 Å². The molecule has 0 N–H and O–H groups in total. The summed E-state index contributed by atoms with van der Waals surface area (Å²) in [4.78, 5) is 15.7. The van der Waals surface area contributed by atoms with Crippen molar-refractivity contribution >= 4 is 5.91 Å². The first kappa shape index (κ1) is 14.4. The van der Waals surface area contributed by atoms with Crippen LogP contribution < -0.4 is 0 Å². The Morgan fingerprint density at radius 3 is 2.56 bits per heavy atom. The van der Waals surface area contributed by atoms with Gasteiger partial charge in [-0.05, 0) is 18.6 Å². The van der Waals surface area contributed by atoms with Crippen LogP contribution >= 0.6 is 0 Å². The van der Waals surface area contributed by atoms with Gasteiger partial charge in [0.05, 0.1) is 0 Å². The van der Waals surface area contributed by atoms with Gasteiger partial charge < -0.3 is 4.90 Å². The minimum atomic E-state index is -4.49. The average molecular weight is 264 g/mol. The zero-order valence-electron chi connectivity index (χ0n) is 9.67. The molecule has 1 heterocycles. The molecule has 7 heteroatoms. The number of nitrogens with zero attached hydrogens (tertiary/aromatic N) is 2. The first-order valence-corrected chi connectivity index (χ1v) is 5.32. The lowest BCUT2D eigenvalue weighted by molar-refractivity contribution is -0.140. The lowest BCUT2D eigenvalue weighted by atomic mass is 10.3. The van der Waals surface area contributed by atoms with E-state index in [1.165, 1.54) is 12.1 Å². The van der Waals surface area contributed by atoms with Crippen molar-refractivity contribution in [1.82, 2.24) is 9.88 Å². The standard InChI is InChI=1S/C11H12F4N2O/c1-2-6-17(7-11(13,14)15)10(18)8-4-3-5-9(12)16-8/h3-5H,2,6-7H2,1H3. The highest BCUT2D eigenvalue weighted by molar-refractivity contribution is 5.92. The summed E-state index contributed by atoms with van der Waals surface area (Å²) in [6.45, 7) is 0.226. The van der Waals surface area contributed by atoms with Crippen LogP contribution in [0.5, 0.6) is 0 Å². The Morgan fingerprint density at radius 1 is 1.39 bits per heavy atom. The molecule has 1 amide bonds. The fourth-order valence-electron chi connectivity index (χ4n) is 1.43. The first-order valence-electron chi connectivity index (χ1n) is 5.32. The molecule has 18 heavy (non-hydrogen) atoms. The van der Waals surface area contributed by atoms with E-state index in [4.69, 9.17) is 0 Å². The van der Waals surface area contributed by atoms with Crippen LogP contribution in [0.25, 0.3) is 0 Å². The van der Waals surface area contributed by atoms with Gasteiger partial charge in [0.25, 0.3) is 5.91 Å². The maximum atomic E-state index is 12.8. The van der Waals surface area contributed by atoms with E-state index in [0.29, 0.717) is 11.3 Å². The molecule has 0 spiro atoms. The predicted molar refractivity (Wildman–Crippen MR) is 56.4 cm³/mol. The van der Waals surface area contributed by atoms with Gasteiger partial charge >= 0.3 is 6.18 Å². The minimum Gasteiger partial charge on any atom is -0.328 e. The van der Waals surface area contributed by atoms with Gasteiger partial charge in [-0.2, -0.15) is 17.6 Å². The summed E-state index contributed by atoms with van der Waals surface area (Å²) >= 11 is 0. The van der Waals surface area contributed by atoms with Gasteiger partial charge in [0.15, 0.2) is 0 Å². The Labute approximate surface area is 101 Å². The van der Waals surface area contributed by atoms with Crippen LogP contribution in [0.15, 0.2) is 18.2 Å². The summed E-state index contributed by atoms with van der Waals surface area (Å²) < 4.78 is 49.7. The molecule has 0 atom stereocenters. The molecule has 0 aliphatic carbocycles. The zero-order valence-corrected chi connectivity index (χ0v) is 9.67. The van der Waals surface area contributed by atoms with Crippen LogP contribution in [-0.2, 0) is 0 Å². The number of hydrogen-bond donors (Lipinski definition) is 0. The van der Waals surface area contributed by atoms with E-state index in [0.717, 1.165) is 6.07 Å². The maximum absolute atomic E-state index is 12.8. The van der Waals surface area contributed by atoms with Crippen molar-refractivity contribution in [1.29, 1.82) is 0 Å². The Bertz CT molecular complexity index is 420. The fourth-order valence-corrected chi connectivity index (χ4v) is 1.43. The van der Waals surface area contributed by atoms with Crippen molar-refractivity contribution in [3.63, 3.8) is 0 Å². The highest BCUT2D eigenvalue weighted by atomic mass is 19.4. The van der Waals surface area contributed by atoms with Gasteiger partial charge in [0, 0.05) is 6.54 Å². The Hall–Kier alpha value is -1.66. The molecular formula is C11H12F4N2O. The summed E-state index contributed by atoms with van der Waals surface area (Å²) in [7, 11) is 0. The zero-order chi connectivity index (χ0) is 13.8. The molecule has 0 bridgehead atoms. The van der Waals surface area contributed by atoms with Crippen LogP contribution in [0.3, 0.4) is 0 Å². The lowest BCUT2D eigenvalue weighted by Gasteiger charge is -2.22. The molecule has 0 fully saturated rings. The van der Waals surface area contributed by atoms with Gasteiger partial charge in [-0.3, -0.25) is 4.79 Å². The Morgan fingerprint density at radius 2 is 2.06 bits per heavy atom. The van der Waals surface area contributed by atoms with E-state index in [2.05, 4.69) is 4.98 Å². The SMILES string of the molecule is CCCN(CC(F)(F)F)C(=O)c1cccc(F)n1. The number of pyridine rings is 1. The van der Waals surface area contributed by atoms with Crippen molar-refractivity contribution in [2.75, 3.05) is 13.1 Å². The molecule has 0 saturated heterocycles. The van der Waals surface area contributed by atoms with E-state index in [1.54, 1.807) is 6.92 Å². The largest absolute Gasteiger partial charge is 0.406 e. The fraction of sp³-hybridized carbons (Fsp3) is 0.455. The third kappa shape index (κ3) is 4.31. The number of amides is 1. The Balaban J connectivity index is 2.89. The van der Waals surface area contributed by atoms with Crippen LogP contribution in [0.2, 0.25) is 0 Å². The van der Waals surface area contributed by atoms with Crippen LogP contribution in [-0.4, -0.2) is 35.1 Å². The van der Waals surface area contributed by atoms with Crippen molar-refractivity contribution in [3.8, 4) is 0 Å². The maximum Gasteiger partial charge on any atom is 0.406 e. The molecule has 0 unspecified atom stereocenters. The molecule has 1 aromatic heterocycles. The minimum absolute atomic E-state index is 0.0590. The molecule has 100 valence electrons. The highest BCUT2D eigenvalue weighted by Gasteiger charge is 2.33. The van der Waals surface area contributed by atoms with Gasteiger partial charge in [-0.15, -0.1) is 0 Å². The average Bonchev–Trinajstić information content (AvgIpc) is 2.26. The number of aromatic nitrogens is 1. The van der Waals surface area contributed by atoms with Crippen LogP contribution in [0, 0.1) is 5.95 Å². The van der Waals surface area contributed by atoms with Gasteiger partial charge in [0.2, 0.25) is 5.95 Å². The molecule has 3 nitrogen and oxygen atoms in total. The molecule has 1 rings (SSSR count). The summed E-state index contributed by atoms with van der Waals surface area (Å²) in [6, 6.07) is 3.43. The third-order valence-electron chi connectivity index (χ3n) is 2.09. The van der Waals surface area contributed by atoms with E-state index < -0.39 is 24.6 Å². The number of hydrogen-bond acceptors (Lipinski definition) is 2. The molecule has 1 aromatic rings. The number of carbonyl (C=O) groups excluding carboxylic acids is 1. The Kier molecular flexibility index (Phi) is 4.63. The summed E-state index contributed by atoms with van der Waals surface area (Å²) in [5, 5.41) is 0. The van der Waals surface area contributed by atoms with E-state index in [-0.39, 0.29) is 12.2 Å². The van der Waals surface area contributed by atoms with Gasteiger partial charge in [-0.1, -0.05) is 13.0 Å². The van der Waals surface area contributed by atoms with E-state index in [1.807, 2.05) is 0 Å². The topological polar surface area (TPSA) is 33.2 Å². The number of carbonyl (C=O) groups is 1. The van der Waals surface area contributed by atoms with Crippen LogP contribution in [0.1, 0.15) is 23.8 Å². The van der Waals surface area contributed by atoms with Crippen molar-refractivity contribution in [3.05, 3.63) is 29.8 Å². The second-order valence-corrected chi connectivity index (χ2v) is 3.69. The molecular weight excluding hydrogens is 252 g/mol. The number of alkyl halides is 3. The van der Waals surface area contributed by atoms with Crippen molar-refractivity contribution in [2.24, 2.45) is 0 Å². The second kappa shape index (κ2) is 5.79. The van der Waals surface area contributed by atoms with Crippen LogP contribution in [0.4, 0.5) is 17.6 Å². The van der Waals surface area contributed by atoms with Crippen molar-refractivity contribution in [2.45, 2.75) is 19.5 Å². The molecule has 0 aromatic carbocycles. The molecule has 0 aliphatic rings.